The smallest absolute Gasteiger partial charge is 0.266 e. The number of amides is 1. The van der Waals surface area contributed by atoms with Gasteiger partial charge in [-0.2, -0.15) is 5.10 Å². The van der Waals surface area contributed by atoms with E-state index in [9.17, 15) is 4.79 Å². The predicted molar refractivity (Wildman–Crippen MR) is 87.1 cm³/mol. The van der Waals surface area contributed by atoms with Crippen molar-refractivity contribution in [1.29, 1.82) is 5.41 Å². The van der Waals surface area contributed by atoms with Crippen LogP contribution in [0.2, 0.25) is 0 Å². The molecular formula is C15H20N4OS. The van der Waals surface area contributed by atoms with E-state index in [0.29, 0.717) is 16.6 Å². The van der Waals surface area contributed by atoms with Gasteiger partial charge < -0.3 is 0 Å². The van der Waals surface area contributed by atoms with E-state index in [2.05, 4.69) is 23.2 Å². The maximum Gasteiger partial charge on any atom is 0.266 e. The first-order valence-corrected chi connectivity index (χ1v) is 7.90. The first-order chi connectivity index (χ1) is 10.1. The van der Waals surface area contributed by atoms with E-state index < -0.39 is 0 Å². The molecule has 0 saturated carbocycles. The molecule has 0 aliphatic carbocycles. The number of aromatic amines is 1. The van der Waals surface area contributed by atoms with E-state index in [4.69, 9.17) is 5.41 Å². The van der Waals surface area contributed by atoms with E-state index in [-0.39, 0.29) is 11.8 Å². The number of thioether (sulfide) groups is 1. The molecule has 2 heterocycles. The van der Waals surface area contributed by atoms with Gasteiger partial charge in [-0.1, -0.05) is 19.1 Å². The van der Waals surface area contributed by atoms with Crippen LogP contribution in [0.5, 0.6) is 0 Å². The van der Waals surface area contributed by atoms with Gasteiger partial charge >= 0.3 is 0 Å². The molecule has 6 heteroatoms. The molecule has 0 bridgehead atoms. The number of likely N-dealkylation sites (N-methyl/N-ethyl adjacent to an activating group) is 1. The molecule has 1 fully saturated rings. The quantitative estimate of drug-likeness (QED) is 0.647. The fraction of sp³-hybridized carbons (Fsp3) is 0.400. The Bertz CT molecular complexity index is 603. The van der Waals surface area contributed by atoms with Crippen molar-refractivity contribution in [3.8, 4) is 0 Å². The fourth-order valence-corrected chi connectivity index (χ4v) is 3.25. The summed E-state index contributed by atoms with van der Waals surface area (Å²) in [6, 6.07) is 0. The Balaban J connectivity index is 2.33. The molecule has 2 rings (SSSR count). The molecule has 2 N–H and O–H groups in total. The normalized spacial score (nSPS) is 19.2. The maximum absolute atomic E-state index is 12.2. The van der Waals surface area contributed by atoms with E-state index in [1.54, 1.807) is 6.20 Å². The number of carbonyl (C=O) groups is 1. The van der Waals surface area contributed by atoms with Gasteiger partial charge in [0, 0.05) is 23.7 Å². The average Bonchev–Trinajstić information content (AvgIpc) is 3.02. The minimum atomic E-state index is -0.0984. The van der Waals surface area contributed by atoms with Crippen LogP contribution in [0.15, 0.2) is 23.3 Å². The average molecular weight is 304 g/mol. The molecule has 0 aromatic carbocycles. The molecule has 5 nitrogen and oxygen atoms in total. The van der Waals surface area contributed by atoms with Gasteiger partial charge in [0.2, 0.25) is 0 Å². The number of hydrogen-bond donors (Lipinski definition) is 2. The lowest BCUT2D eigenvalue weighted by Gasteiger charge is -2.10. The molecule has 1 aromatic rings. The van der Waals surface area contributed by atoms with E-state index >= 15 is 0 Å². The SMILES string of the molecule is C/C=C\C(CC)c1[nH]ncc1/C=C1\SC(=N)N(CC)C1=O. The summed E-state index contributed by atoms with van der Waals surface area (Å²) in [4.78, 5) is 14.3. The molecule has 1 aliphatic heterocycles. The van der Waals surface area contributed by atoms with Crippen molar-refractivity contribution in [2.24, 2.45) is 0 Å². The van der Waals surface area contributed by atoms with Crippen LogP contribution in [0, 0.1) is 5.41 Å². The molecule has 1 atom stereocenters. The highest BCUT2D eigenvalue weighted by Gasteiger charge is 2.31. The van der Waals surface area contributed by atoms with E-state index in [1.807, 2.05) is 26.0 Å². The summed E-state index contributed by atoms with van der Waals surface area (Å²) in [6.45, 7) is 6.51. The number of hydrogen-bond acceptors (Lipinski definition) is 4. The second kappa shape index (κ2) is 6.76. The number of rotatable bonds is 5. The summed E-state index contributed by atoms with van der Waals surface area (Å²) < 4.78 is 0. The van der Waals surface area contributed by atoms with Crippen LogP contribution in [0.1, 0.15) is 44.4 Å². The van der Waals surface area contributed by atoms with Crippen LogP contribution in [0.25, 0.3) is 6.08 Å². The predicted octanol–water partition coefficient (Wildman–Crippen LogP) is 3.35. The number of H-pyrrole nitrogens is 1. The van der Waals surface area contributed by atoms with Crippen molar-refractivity contribution in [2.75, 3.05) is 6.54 Å². The number of nitrogens with zero attached hydrogens (tertiary/aromatic N) is 2. The summed E-state index contributed by atoms with van der Waals surface area (Å²) in [5.74, 6) is 0.159. The molecule has 1 unspecified atom stereocenters. The number of aromatic nitrogens is 2. The zero-order valence-corrected chi connectivity index (χ0v) is 13.3. The highest BCUT2D eigenvalue weighted by atomic mass is 32.2. The Kier molecular flexibility index (Phi) is 5.01. The van der Waals surface area contributed by atoms with Crippen molar-refractivity contribution in [2.45, 2.75) is 33.1 Å². The van der Waals surface area contributed by atoms with E-state index in [1.165, 1.54) is 16.7 Å². The molecule has 112 valence electrons. The third-order valence-corrected chi connectivity index (χ3v) is 4.37. The number of nitrogens with one attached hydrogen (secondary N) is 2. The third-order valence-electron chi connectivity index (χ3n) is 3.45. The molecule has 0 radical (unpaired) electrons. The standard InChI is InChI=1S/C15H20N4OS/c1-4-7-10(5-2)13-11(9-17-18-13)8-12-14(20)19(6-3)15(16)21-12/h4,7-10,16H,5-6H2,1-3H3,(H,17,18)/b7-4-,12-8-,16-15?. The van der Waals surface area contributed by atoms with Crippen LogP contribution in [0.4, 0.5) is 0 Å². The van der Waals surface area contributed by atoms with Crippen molar-refractivity contribution in [3.05, 3.63) is 34.5 Å². The van der Waals surface area contributed by atoms with Gasteiger partial charge in [-0.3, -0.25) is 20.2 Å². The van der Waals surface area contributed by atoms with Crippen molar-refractivity contribution in [3.63, 3.8) is 0 Å². The minimum absolute atomic E-state index is 0.0984. The Hall–Kier alpha value is -1.82. The summed E-state index contributed by atoms with van der Waals surface area (Å²) in [5, 5.41) is 15.3. The molecule has 0 spiro atoms. The van der Waals surface area contributed by atoms with Gasteiger partial charge in [0.25, 0.3) is 5.91 Å². The van der Waals surface area contributed by atoms with Crippen molar-refractivity contribution >= 4 is 28.9 Å². The zero-order valence-electron chi connectivity index (χ0n) is 12.5. The second-order valence-electron chi connectivity index (χ2n) is 4.74. The lowest BCUT2D eigenvalue weighted by Crippen LogP contribution is -2.27. The Labute approximate surface area is 129 Å². The highest BCUT2D eigenvalue weighted by Crippen LogP contribution is 2.33. The molecule has 1 aliphatic rings. The van der Waals surface area contributed by atoms with Gasteiger partial charge in [0.05, 0.1) is 11.1 Å². The number of allylic oxidation sites excluding steroid dienone is 2. The highest BCUT2D eigenvalue weighted by molar-refractivity contribution is 8.18. The first-order valence-electron chi connectivity index (χ1n) is 7.08. The number of amidine groups is 1. The lowest BCUT2D eigenvalue weighted by atomic mass is 9.98. The zero-order chi connectivity index (χ0) is 15.4. The van der Waals surface area contributed by atoms with Crippen molar-refractivity contribution < 1.29 is 4.79 Å². The largest absolute Gasteiger partial charge is 0.287 e. The minimum Gasteiger partial charge on any atom is -0.287 e. The molecule has 1 saturated heterocycles. The maximum atomic E-state index is 12.2. The Morgan fingerprint density at radius 1 is 1.52 bits per heavy atom. The third kappa shape index (κ3) is 3.10. The first kappa shape index (κ1) is 15.6. The second-order valence-corrected chi connectivity index (χ2v) is 5.78. The monoisotopic (exact) mass is 304 g/mol. The molecule has 1 aromatic heterocycles. The topological polar surface area (TPSA) is 72.8 Å². The lowest BCUT2D eigenvalue weighted by molar-refractivity contribution is -0.122. The van der Waals surface area contributed by atoms with Crippen LogP contribution in [-0.4, -0.2) is 32.7 Å². The van der Waals surface area contributed by atoms with Gasteiger partial charge in [-0.15, -0.1) is 0 Å². The summed E-state index contributed by atoms with van der Waals surface area (Å²) >= 11 is 1.21. The Morgan fingerprint density at radius 2 is 2.29 bits per heavy atom. The van der Waals surface area contributed by atoms with Crippen LogP contribution < -0.4 is 0 Å². The molecular weight excluding hydrogens is 284 g/mol. The molecule has 21 heavy (non-hydrogen) atoms. The van der Waals surface area contributed by atoms with Gasteiger partial charge in [-0.05, 0) is 38.1 Å². The van der Waals surface area contributed by atoms with Crippen LogP contribution in [-0.2, 0) is 4.79 Å². The summed E-state index contributed by atoms with van der Waals surface area (Å²) in [6.07, 6.45) is 8.68. The van der Waals surface area contributed by atoms with E-state index in [0.717, 1.165) is 17.7 Å². The van der Waals surface area contributed by atoms with Gasteiger partial charge in [-0.25, -0.2) is 0 Å². The van der Waals surface area contributed by atoms with Gasteiger partial charge in [0.1, 0.15) is 0 Å². The number of carbonyl (C=O) groups excluding carboxylic acids is 1. The van der Waals surface area contributed by atoms with Crippen LogP contribution in [0.3, 0.4) is 0 Å². The summed E-state index contributed by atoms with van der Waals surface area (Å²) in [7, 11) is 0. The van der Waals surface area contributed by atoms with Crippen LogP contribution >= 0.6 is 11.8 Å². The van der Waals surface area contributed by atoms with Crippen molar-refractivity contribution in [1.82, 2.24) is 15.1 Å². The van der Waals surface area contributed by atoms with Gasteiger partial charge in [0.15, 0.2) is 5.17 Å². The fourth-order valence-electron chi connectivity index (χ4n) is 2.33. The molecule has 1 amide bonds. The summed E-state index contributed by atoms with van der Waals surface area (Å²) in [5.41, 5.74) is 1.93. The Morgan fingerprint density at radius 3 is 2.86 bits per heavy atom.